The zero-order chi connectivity index (χ0) is 17.1. The molecule has 2 aliphatic heterocycles. The second-order valence-electron chi connectivity index (χ2n) is 6.85. The number of hydrogen-bond donors (Lipinski definition) is 1. The largest absolute Gasteiger partial charge is 0.341 e. The van der Waals surface area contributed by atoms with Gasteiger partial charge < -0.3 is 15.1 Å². The zero-order valence-corrected chi connectivity index (χ0v) is 15.8. The SMILES string of the molecule is CNC1CCCN(C(=O)CC2c3ccccc3CCN2C(C)=O)C1.Cl. The van der Waals surface area contributed by atoms with Gasteiger partial charge in [0.25, 0.3) is 0 Å². The molecule has 1 saturated heterocycles. The average Bonchev–Trinajstić information content (AvgIpc) is 2.61. The van der Waals surface area contributed by atoms with Crippen molar-refractivity contribution in [3.05, 3.63) is 35.4 Å². The lowest BCUT2D eigenvalue weighted by atomic mass is 9.90. The highest BCUT2D eigenvalue weighted by Crippen LogP contribution is 2.33. The van der Waals surface area contributed by atoms with Gasteiger partial charge in [-0.15, -0.1) is 12.4 Å². The van der Waals surface area contributed by atoms with Crippen molar-refractivity contribution < 1.29 is 9.59 Å². The second kappa shape index (κ2) is 8.68. The Balaban J connectivity index is 0.00000225. The molecule has 5 nitrogen and oxygen atoms in total. The van der Waals surface area contributed by atoms with E-state index in [1.54, 1.807) is 6.92 Å². The van der Waals surface area contributed by atoms with Crippen LogP contribution in [0.25, 0.3) is 0 Å². The van der Waals surface area contributed by atoms with E-state index in [1.807, 2.05) is 29.0 Å². The van der Waals surface area contributed by atoms with Crippen LogP contribution < -0.4 is 5.32 Å². The van der Waals surface area contributed by atoms with E-state index in [0.29, 0.717) is 19.0 Å². The van der Waals surface area contributed by atoms with Gasteiger partial charge >= 0.3 is 0 Å². The maximum absolute atomic E-state index is 12.9. The maximum Gasteiger partial charge on any atom is 0.225 e. The molecule has 25 heavy (non-hydrogen) atoms. The molecule has 2 heterocycles. The second-order valence-corrected chi connectivity index (χ2v) is 6.85. The molecule has 0 aliphatic carbocycles. The van der Waals surface area contributed by atoms with Crippen LogP contribution >= 0.6 is 12.4 Å². The summed E-state index contributed by atoms with van der Waals surface area (Å²) >= 11 is 0. The van der Waals surface area contributed by atoms with E-state index in [0.717, 1.165) is 37.9 Å². The van der Waals surface area contributed by atoms with Gasteiger partial charge in [-0.1, -0.05) is 24.3 Å². The van der Waals surface area contributed by atoms with Crippen molar-refractivity contribution in [2.24, 2.45) is 0 Å². The van der Waals surface area contributed by atoms with E-state index in [2.05, 4.69) is 17.4 Å². The number of nitrogens with one attached hydrogen (secondary N) is 1. The number of likely N-dealkylation sites (N-methyl/N-ethyl adjacent to an activating group) is 1. The highest BCUT2D eigenvalue weighted by Gasteiger charge is 2.32. The van der Waals surface area contributed by atoms with Crippen LogP contribution in [0.2, 0.25) is 0 Å². The summed E-state index contributed by atoms with van der Waals surface area (Å²) in [6.07, 6.45) is 3.40. The van der Waals surface area contributed by atoms with Crippen LogP contribution in [0, 0.1) is 0 Å². The molecule has 2 unspecified atom stereocenters. The number of fused-ring (bicyclic) bond motifs is 1. The summed E-state index contributed by atoms with van der Waals surface area (Å²) in [5, 5.41) is 3.28. The molecule has 2 aliphatic rings. The Labute approximate surface area is 156 Å². The van der Waals surface area contributed by atoms with Crippen molar-refractivity contribution in [1.29, 1.82) is 0 Å². The summed E-state index contributed by atoms with van der Waals surface area (Å²) < 4.78 is 0. The van der Waals surface area contributed by atoms with E-state index < -0.39 is 0 Å². The lowest BCUT2D eigenvalue weighted by Crippen LogP contribution is -2.48. The van der Waals surface area contributed by atoms with Crippen LogP contribution in [0.5, 0.6) is 0 Å². The smallest absolute Gasteiger partial charge is 0.225 e. The first kappa shape index (κ1) is 19.7. The fourth-order valence-corrected chi connectivity index (χ4v) is 3.98. The Bertz CT molecular complexity index is 622. The normalized spacial score (nSPS) is 22.8. The van der Waals surface area contributed by atoms with Crippen molar-refractivity contribution in [3.63, 3.8) is 0 Å². The van der Waals surface area contributed by atoms with Crippen LogP contribution in [-0.4, -0.2) is 54.3 Å². The topological polar surface area (TPSA) is 52.7 Å². The number of likely N-dealkylation sites (tertiary alicyclic amines) is 1. The van der Waals surface area contributed by atoms with Crippen LogP contribution in [-0.2, 0) is 16.0 Å². The molecular weight excluding hydrogens is 338 g/mol. The van der Waals surface area contributed by atoms with Gasteiger partial charge in [0.2, 0.25) is 11.8 Å². The lowest BCUT2D eigenvalue weighted by molar-refractivity contribution is -0.137. The van der Waals surface area contributed by atoms with Gasteiger partial charge in [-0.25, -0.2) is 0 Å². The van der Waals surface area contributed by atoms with Crippen molar-refractivity contribution >= 4 is 24.2 Å². The van der Waals surface area contributed by atoms with Crippen molar-refractivity contribution in [1.82, 2.24) is 15.1 Å². The molecule has 0 spiro atoms. The number of piperidine rings is 1. The Morgan fingerprint density at radius 3 is 2.72 bits per heavy atom. The number of benzene rings is 1. The Hall–Kier alpha value is -1.59. The molecule has 2 amide bonds. The molecule has 1 N–H and O–H groups in total. The first-order valence-corrected chi connectivity index (χ1v) is 8.90. The number of halogens is 1. The van der Waals surface area contributed by atoms with Crippen molar-refractivity contribution in [3.8, 4) is 0 Å². The van der Waals surface area contributed by atoms with Gasteiger partial charge in [0, 0.05) is 32.6 Å². The summed E-state index contributed by atoms with van der Waals surface area (Å²) in [4.78, 5) is 28.8. The van der Waals surface area contributed by atoms with Crippen molar-refractivity contribution in [2.75, 3.05) is 26.7 Å². The molecule has 0 radical (unpaired) electrons. The van der Waals surface area contributed by atoms with Gasteiger partial charge in [0.1, 0.15) is 0 Å². The molecule has 138 valence electrons. The summed E-state index contributed by atoms with van der Waals surface area (Å²) in [5.41, 5.74) is 2.40. The molecule has 0 saturated carbocycles. The Morgan fingerprint density at radius 1 is 1.24 bits per heavy atom. The van der Waals surface area contributed by atoms with E-state index >= 15 is 0 Å². The Kier molecular flexibility index (Phi) is 6.85. The van der Waals surface area contributed by atoms with E-state index in [4.69, 9.17) is 0 Å². The first-order chi connectivity index (χ1) is 11.6. The molecule has 3 rings (SSSR count). The fourth-order valence-electron chi connectivity index (χ4n) is 3.98. The summed E-state index contributed by atoms with van der Waals surface area (Å²) in [6, 6.07) is 8.46. The highest BCUT2D eigenvalue weighted by atomic mass is 35.5. The monoisotopic (exact) mass is 365 g/mol. The third kappa shape index (κ3) is 4.33. The summed E-state index contributed by atoms with van der Waals surface area (Å²) in [5.74, 6) is 0.206. The number of carbonyl (C=O) groups excluding carboxylic acids is 2. The minimum atomic E-state index is -0.130. The minimum absolute atomic E-state index is 0. The number of rotatable bonds is 3. The van der Waals surface area contributed by atoms with Gasteiger partial charge in [-0.3, -0.25) is 9.59 Å². The number of hydrogen-bond acceptors (Lipinski definition) is 3. The lowest BCUT2D eigenvalue weighted by Gasteiger charge is -2.39. The third-order valence-corrected chi connectivity index (χ3v) is 5.37. The van der Waals surface area contributed by atoms with Crippen LogP contribution in [0.1, 0.15) is 43.4 Å². The quantitative estimate of drug-likeness (QED) is 0.893. The average molecular weight is 366 g/mol. The van der Waals surface area contributed by atoms with Gasteiger partial charge in [-0.05, 0) is 37.4 Å². The predicted molar refractivity (Wildman–Crippen MR) is 101 cm³/mol. The minimum Gasteiger partial charge on any atom is -0.341 e. The summed E-state index contributed by atoms with van der Waals surface area (Å²) in [7, 11) is 1.95. The standard InChI is InChI=1S/C19H27N3O2.ClH/c1-14(23)22-11-9-15-6-3-4-8-17(15)18(22)12-19(24)21-10-5-7-16(13-21)20-2;/h3-4,6,8,16,18,20H,5,7,9-13H2,1-2H3;1H. The highest BCUT2D eigenvalue weighted by molar-refractivity contribution is 5.85. The maximum atomic E-state index is 12.9. The van der Waals surface area contributed by atoms with E-state index in [1.165, 1.54) is 5.56 Å². The number of carbonyl (C=O) groups is 2. The molecule has 0 bridgehead atoms. The van der Waals surface area contributed by atoms with Gasteiger partial charge in [0.05, 0.1) is 12.5 Å². The van der Waals surface area contributed by atoms with Crippen LogP contribution in [0.3, 0.4) is 0 Å². The zero-order valence-electron chi connectivity index (χ0n) is 15.0. The van der Waals surface area contributed by atoms with Crippen LogP contribution in [0.15, 0.2) is 24.3 Å². The third-order valence-electron chi connectivity index (χ3n) is 5.37. The predicted octanol–water partition coefficient (Wildman–Crippen LogP) is 2.15. The summed E-state index contributed by atoms with van der Waals surface area (Å²) in [6.45, 7) is 3.89. The van der Waals surface area contributed by atoms with Gasteiger partial charge in [-0.2, -0.15) is 0 Å². The molecule has 0 aromatic heterocycles. The van der Waals surface area contributed by atoms with E-state index in [9.17, 15) is 9.59 Å². The first-order valence-electron chi connectivity index (χ1n) is 8.90. The number of nitrogens with zero attached hydrogens (tertiary/aromatic N) is 2. The fraction of sp³-hybridized carbons (Fsp3) is 0.579. The molecule has 1 aromatic rings. The molecule has 1 aromatic carbocycles. The molecule has 2 atom stereocenters. The number of amides is 2. The van der Waals surface area contributed by atoms with E-state index in [-0.39, 0.29) is 30.3 Å². The molecule has 6 heteroatoms. The Morgan fingerprint density at radius 2 is 2.00 bits per heavy atom. The molecule has 1 fully saturated rings. The van der Waals surface area contributed by atoms with Gasteiger partial charge in [0.15, 0.2) is 0 Å². The van der Waals surface area contributed by atoms with Crippen LogP contribution in [0.4, 0.5) is 0 Å². The molecular formula is C19H28ClN3O2. The van der Waals surface area contributed by atoms with Crippen molar-refractivity contribution in [2.45, 2.75) is 44.7 Å².